The first-order valence-corrected chi connectivity index (χ1v) is 9.84. The average Bonchev–Trinajstić information content (AvgIpc) is 2.82. The molecule has 0 saturated carbocycles. The van der Waals surface area contributed by atoms with E-state index in [1.54, 1.807) is 48.5 Å². The number of methoxy groups -OCH3 is 2. The Labute approximate surface area is 184 Å². The summed E-state index contributed by atoms with van der Waals surface area (Å²) in [5, 5.41) is 5.54. The number of ether oxygens (including phenoxy) is 2. The summed E-state index contributed by atoms with van der Waals surface area (Å²) < 4.78 is 10.5. The largest absolute Gasteiger partial charge is 0.493 e. The first-order chi connectivity index (χ1) is 15.5. The molecule has 1 aliphatic heterocycles. The molecule has 0 spiro atoms. The van der Waals surface area contributed by atoms with E-state index < -0.39 is 0 Å². The molecule has 8 heteroatoms. The first-order valence-electron chi connectivity index (χ1n) is 9.84. The monoisotopic (exact) mass is 431 g/mol. The van der Waals surface area contributed by atoms with Crippen LogP contribution in [0.5, 0.6) is 11.5 Å². The van der Waals surface area contributed by atoms with Crippen molar-refractivity contribution in [1.29, 1.82) is 0 Å². The fourth-order valence-electron chi connectivity index (χ4n) is 3.46. The number of nitrogens with zero attached hydrogens (tertiary/aromatic N) is 1. The van der Waals surface area contributed by atoms with Crippen molar-refractivity contribution >= 4 is 34.8 Å². The fraction of sp³-hybridized carbons (Fsp3) is 0.125. The molecule has 1 heterocycles. The van der Waals surface area contributed by atoms with Crippen molar-refractivity contribution in [2.75, 3.05) is 36.3 Å². The molecule has 3 aromatic carbocycles. The molecule has 2 N–H and O–H groups in total. The highest BCUT2D eigenvalue weighted by Gasteiger charge is 2.29. The van der Waals surface area contributed by atoms with Crippen LogP contribution in [0.15, 0.2) is 66.7 Å². The number of rotatable bonds is 5. The Kier molecular flexibility index (Phi) is 5.76. The molecular weight excluding hydrogens is 410 g/mol. The minimum atomic E-state index is -0.372. The lowest BCUT2D eigenvalue weighted by atomic mass is 10.1. The predicted octanol–water partition coefficient (Wildman–Crippen LogP) is 3.56. The zero-order chi connectivity index (χ0) is 22.7. The van der Waals surface area contributed by atoms with Crippen LogP contribution in [0.1, 0.15) is 20.7 Å². The molecule has 3 aromatic rings. The van der Waals surface area contributed by atoms with Crippen LogP contribution in [0.25, 0.3) is 0 Å². The summed E-state index contributed by atoms with van der Waals surface area (Å²) in [6.45, 7) is -0.143. The molecule has 32 heavy (non-hydrogen) atoms. The van der Waals surface area contributed by atoms with Crippen LogP contribution in [0.4, 0.5) is 17.1 Å². The van der Waals surface area contributed by atoms with Crippen molar-refractivity contribution in [3.63, 3.8) is 0 Å². The normalized spacial score (nSPS) is 12.4. The van der Waals surface area contributed by atoms with E-state index in [0.717, 1.165) is 0 Å². The lowest BCUT2D eigenvalue weighted by Crippen LogP contribution is -2.42. The van der Waals surface area contributed by atoms with Gasteiger partial charge in [-0.1, -0.05) is 18.2 Å². The fourth-order valence-corrected chi connectivity index (χ4v) is 3.46. The van der Waals surface area contributed by atoms with Crippen molar-refractivity contribution in [3.8, 4) is 11.5 Å². The van der Waals surface area contributed by atoms with Crippen LogP contribution in [0, 0.1) is 0 Å². The van der Waals surface area contributed by atoms with Gasteiger partial charge in [-0.25, -0.2) is 0 Å². The number of fused-ring (bicyclic) bond motifs is 1. The van der Waals surface area contributed by atoms with Crippen LogP contribution >= 0.6 is 0 Å². The lowest BCUT2D eigenvalue weighted by molar-refractivity contribution is -0.115. The molecule has 0 fully saturated rings. The molecule has 0 bridgehead atoms. The Morgan fingerprint density at radius 3 is 2.34 bits per heavy atom. The zero-order valence-electron chi connectivity index (χ0n) is 17.5. The molecule has 4 rings (SSSR count). The highest BCUT2D eigenvalue weighted by molar-refractivity contribution is 6.16. The van der Waals surface area contributed by atoms with Crippen LogP contribution < -0.4 is 25.0 Å². The van der Waals surface area contributed by atoms with Crippen molar-refractivity contribution in [2.45, 2.75) is 0 Å². The number of hydrogen-bond acceptors (Lipinski definition) is 5. The van der Waals surface area contributed by atoms with Gasteiger partial charge in [0.1, 0.15) is 6.54 Å². The molecule has 0 saturated heterocycles. The van der Waals surface area contributed by atoms with Gasteiger partial charge in [0.05, 0.1) is 25.6 Å². The summed E-state index contributed by atoms with van der Waals surface area (Å²) in [5.41, 5.74) is 2.24. The SMILES string of the molecule is COc1ccc(C(=O)N2CC(=O)Nc3cc(C(=O)Nc4ccccc4)ccc32)cc1OC. The molecule has 0 radical (unpaired) electrons. The third-order valence-corrected chi connectivity index (χ3v) is 5.03. The number of para-hydroxylation sites is 1. The van der Waals surface area contributed by atoms with Gasteiger partial charge in [0.25, 0.3) is 11.8 Å². The summed E-state index contributed by atoms with van der Waals surface area (Å²) >= 11 is 0. The van der Waals surface area contributed by atoms with E-state index in [1.165, 1.54) is 19.1 Å². The molecule has 0 aliphatic carbocycles. The topological polar surface area (TPSA) is 97.0 Å². The molecule has 0 unspecified atom stereocenters. The van der Waals surface area contributed by atoms with E-state index in [1.807, 2.05) is 18.2 Å². The second kappa shape index (κ2) is 8.81. The molecule has 162 valence electrons. The lowest BCUT2D eigenvalue weighted by Gasteiger charge is -2.29. The summed E-state index contributed by atoms with van der Waals surface area (Å²) in [5.74, 6) is -0.144. The quantitative estimate of drug-likeness (QED) is 0.644. The van der Waals surface area contributed by atoms with Gasteiger partial charge in [-0.2, -0.15) is 0 Å². The predicted molar refractivity (Wildman–Crippen MR) is 121 cm³/mol. The maximum absolute atomic E-state index is 13.2. The standard InChI is InChI=1S/C24H21N3O5/c1-31-20-11-9-16(13-21(20)32-2)24(30)27-14-22(28)26-18-12-15(8-10-19(18)27)23(29)25-17-6-4-3-5-7-17/h3-13H,14H2,1-2H3,(H,25,29)(H,26,28). The van der Waals surface area contributed by atoms with Crippen molar-refractivity contribution in [2.24, 2.45) is 0 Å². The van der Waals surface area contributed by atoms with Gasteiger partial charge in [0.2, 0.25) is 5.91 Å². The maximum Gasteiger partial charge on any atom is 0.258 e. The Morgan fingerprint density at radius 1 is 0.906 bits per heavy atom. The van der Waals surface area contributed by atoms with Crippen molar-refractivity contribution < 1.29 is 23.9 Å². The third-order valence-electron chi connectivity index (χ3n) is 5.03. The highest BCUT2D eigenvalue weighted by atomic mass is 16.5. The molecule has 8 nitrogen and oxygen atoms in total. The average molecular weight is 431 g/mol. The molecule has 1 aliphatic rings. The van der Waals surface area contributed by atoms with Gasteiger partial charge in [-0.15, -0.1) is 0 Å². The number of hydrogen-bond donors (Lipinski definition) is 2. The summed E-state index contributed by atoms with van der Waals surface area (Å²) in [4.78, 5) is 39.5. The number of carbonyl (C=O) groups is 3. The highest BCUT2D eigenvalue weighted by Crippen LogP contribution is 2.33. The van der Waals surface area contributed by atoms with E-state index in [-0.39, 0.29) is 24.3 Å². The van der Waals surface area contributed by atoms with Gasteiger partial charge in [-0.05, 0) is 48.5 Å². The Bertz CT molecular complexity index is 1190. The van der Waals surface area contributed by atoms with Gasteiger partial charge in [0, 0.05) is 16.8 Å². The number of carbonyl (C=O) groups excluding carboxylic acids is 3. The molecule has 0 atom stereocenters. The van der Waals surface area contributed by atoms with E-state index >= 15 is 0 Å². The maximum atomic E-state index is 13.2. The smallest absolute Gasteiger partial charge is 0.258 e. The molecular formula is C24H21N3O5. The van der Waals surface area contributed by atoms with Crippen LogP contribution in [-0.2, 0) is 4.79 Å². The van der Waals surface area contributed by atoms with E-state index in [9.17, 15) is 14.4 Å². The Morgan fingerprint density at radius 2 is 1.62 bits per heavy atom. The first kappa shape index (κ1) is 20.9. The second-order valence-electron chi connectivity index (χ2n) is 7.06. The summed E-state index contributed by atoms with van der Waals surface area (Å²) in [6.07, 6.45) is 0. The van der Waals surface area contributed by atoms with E-state index in [0.29, 0.717) is 39.7 Å². The minimum absolute atomic E-state index is 0.143. The van der Waals surface area contributed by atoms with Crippen molar-refractivity contribution in [3.05, 3.63) is 77.9 Å². The number of benzene rings is 3. The second-order valence-corrected chi connectivity index (χ2v) is 7.06. The summed E-state index contributed by atoms with van der Waals surface area (Å²) in [6, 6.07) is 18.7. The van der Waals surface area contributed by atoms with Gasteiger partial charge in [-0.3, -0.25) is 19.3 Å². The van der Waals surface area contributed by atoms with Gasteiger partial charge >= 0.3 is 0 Å². The number of anilines is 3. The van der Waals surface area contributed by atoms with Crippen LogP contribution in [0.3, 0.4) is 0 Å². The van der Waals surface area contributed by atoms with Gasteiger partial charge in [0.15, 0.2) is 11.5 Å². The molecule has 3 amide bonds. The Balaban J connectivity index is 1.63. The van der Waals surface area contributed by atoms with Crippen LogP contribution in [-0.4, -0.2) is 38.5 Å². The van der Waals surface area contributed by atoms with Crippen molar-refractivity contribution in [1.82, 2.24) is 0 Å². The summed E-state index contributed by atoms with van der Waals surface area (Å²) in [7, 11) is 2.99. The number of nitrogens with one attached hydrogen (secondary N) is 2. The van der Waals surface area contributed by atoms with Gasteiger partial charge < -0.3 is 20.1 Å². The molecule has 0 aromatic heterocycles. The Hall–Kier alpha value is -4.33. The minimum Gasteiger partial charge on any atom is -0.493 e. The van der Waals surface area contributed by atoms with E-state index in [4.69, 9.17) is 9.47 Å². The van der Waals surface area contributed by atoms with Crippen LogP contribution in [0.2, 0.25) is 0 Å². The van der Waals surface area contributed by atoms with E-state index in [2.05, 4.69) is 10.6 Å². The number of amides is 3. The third kappa shape index (κ3) is 4.11. The zero-order valence-corrected chi connectivity index (χ0v) is 17.5.